The average molecular weight is 369 g/mol. The van der Waals surface area contributed by atoms with Gasteiger partial charge in [-0.3, -0.25) is 9.69 Å². The highest BCUT2D eigenvalue weighted by Crippen LogP contribution is 2.23. The highest BCUT2D eigenvalue weighted by Gasteiger charge is 2.15. The summed E-state index contributed by atoms with van der Waals surface area (Å²) >= 11 is 1.60. The standard InChI is InChI=1S/C22H28N2OS/c1-17-8-10-21(11-9-17)26-18(2)22(25)23-15-19-6-5-7-20(14-19)16-24-12-3-4-13-24/h5-11,14,18H,3-4,12-13,15-16H2,1-2H3,(H,23,25). The Morgan fingerprint density at radius 3 is 2.54 bits per heavy atom. The summed E-state index contributed by atoms with van der Waals surface area (Å²) in [6, 6.07) is 16.9. The fourth-order valence-corrected chi connectivity index (χ4v) is 4.14. The van der Waals surface area contributed by atoms with Gasteiger partial charge in [0.2, 0.25) is 5.91 Å². The number of hydrogen-bond donors (Lipinski definition) is 1. The summed E-state index contributed by atoms with van der Waals surface area (Å²) in [4.78, 5) is 16.0. The Morgan fingerprint density at radius 2 is 1.81 bits per heavy atom. The molecule has 2 aromatic rings. The zero-order valence-electron chi connectivity index (χ0n) is 15.7. The van der Waals surface area contributed by atoms with E-state index in [9.17, 15) is 4.79 Å². The third-order valence-corrected chi connectivity index (χ3v) is 5.88. The molecule has 0 bridgehead atoms. The molecule has 0 spiro atoms. The summed E-state index contributed by atoms with van der Waals surface area (Å²) in [6.07, 6.45) is 2.62. The number of benzene rings is 2. The molecule has 2 aromatic carbocycles. The summed E-state index contributed by atoms with van der Waals surface area (Å²) in [5.41, 5.74) is 3.74. The van der Waals surface area contributed by atoms with Crippen LogP contribution in [0.25, 0.3) is 0 Å². The minimum Gasteiger partial charge on any atom is -0.351 e. The van der Waals surface area contributed by atoms with Crippen molar-refractivity contribution in [3.05, 3.63) is 65.2 Å². The molecule has 1 amide bonds. The third kappa shape index (κ3) is 5.61. The highest BCUT2D eigenvalue weighted by atomic mass is 32.2. The molecule has 3 rings (SSSR count). The first-order valence-electron chi connectivity index (χ1n) is 9.41. The van der Waals surface area contributed by atoms with Crippen molar-refractivity contribution in [2.45, 2.75) is 49.9 Å². The smallest absolute Gasteiger partial charge is 0.233 e. The lowest BCUT2D eigenvalue weighted by atomic mass is 10.1. The lowest BCUT2D eigenvalue weighted by Crippen LogP contribution is -2.30. The highest BCUT2D eigenvalue weighted by molar-refractivity contribution is 8.00. The molecule has 1 N–H and O–H groups in total. The fraction of sp³-hybridized carbons (Fsp3) is 0.409. The molecule has 1 fully saturated rings. The van der Waals surface area contributed by atoms with Gasteiger partial charge in [0.1, 0.15) is 0 Å². The lowest BCUT2D eigenvalue weighted by Gasteiger charge is -2.16. The first-order valence-corrected chi connectivity index (χ1v) is 10.3. The van der Waals surface area contributed by atoms with E-state index in [0.29, 0.717) is 6.54 Å². The molecule has 1 atom stereocenters. The second-order valence-corrected chi connectivity index (χ2v) is 8.51. The van der Waals surface area contributed by atoms with Gasteiger partial charge in [-0.05, 0) is 63.0 Å². The van der Waals surface area contributed by atoms with E-state index in [1.165, 1.54) is 42.6 Å². The first kappa shape index (κ1) is 19.0. The number of nitrogens with one attached hydrogen (secondary N) is 1. The van der Waals surface area contributed by atoms with Gasteiger partial charge >= 0.3 is 0 Å². The normalized spacial score (nSPS) is 15.8. The van der Waals surface area contributed by atoms with E-state index in [1.807, 2.05) is 6.92 Å². The van der Waals surface area contributed by atoms with Crippen LogP contribution >= 0.6 is 11.8 Å². The van der Waals surface area contributed by atoms with Crippen molar-refractivity contribution in [3.8, 4) is 0 Å². The van der Waals surface area contributed by atoms with E-state index in [-0.39, 0.29) is 11.2 Å². The maximum Gasteiger partial charge on any atom is 0.233 e. The first-order chi connectivity index (χ1) is 12.6. The van der Waals surface area contributed by atoms with Gasteiger partial charge < -0.3 is 5.32 Å². The number of carbonyl (C=O) groups is 1. The van der Waals surface area contributed by atoms with Crippen molar-refractivity contribution in [1.82, 2.24) is 10.2 Å². The predicted octanol–water partition coefficient (Wildman–Crippen LogP) is 4.39. The molecule has 0 radical (unpaired) electrons. The number of hydrogen-bond acceptors (Lipinski definition) is 3. The molecule has 138 valence electrons. The molecule has 1 unspecified atom stereocenters. The van der Waals surface area contributed by atoms with Crippen LogP contribution in [0.5, 0.6) is 0 Å². The summed E-state index contributed by atoms with van der Waals surface area (Å²) < 4.78 is 0. The Balaban J connectivity index is 1.49. The number of thioether (sulfide) groups is 1. The largest absolute Gasteiger partial charge is 0.351 e. The third-order valence-electron chi connectivity index (χ3n) is 4.77. The number of nitrogens with zero attached hydrogens (tertiary/aromatic N) is 1. The topological polar surface area (TPSA) is 32.3 Å². The van der Waals surface area contributed by atoms with Crippen LogP contribution in [0.15, 0.2) is 53.4 Å². The maximum absolute atomic E-state index is 12.4. The van der Waals surface area contributed by atoms with Crippen molar-refractivity contribution in [3.63, 3.8) is 0 Å². The number of amides is 1. The average Bonchev–Trinajstić information content (AvgIpc) is 3.15. The van der Waals surface area contributed by atoms with Crippen LogP contribution in [0.3, 0.4) is 0 Å². The number of aryl methyl sites for hydroxylation is 1. The van der Waals surface area contributed by atoms with E-state index in [0.717, 1.165) is 11.4 Å². The van der Waals surface area contributed by atoms with Crippen molar-refractivity contribution < 1.29 is 4.79 Å². The zero-order valence-corrected chi connectivity index (χ0v) is 16.5. The number of rotatable bonds is 7. The van der Waals surface area contributed by atoms with Gasteiger partial charge in [0.25, 0.3) is 0 Å². The molecular formula is C22H28N2OS. The summed E-state index contributed by atoms with van der Waals surface area (Å²) in [7, 11) is 0. The van der Waals surface area contributed by atoms with E-state index >= 15 is 0 Å². The molecule has 26 heavy (non-hydrogen) atoms. The molecule has 1 aliphatic rings. The SMILES string of the molecule is Cc1ccc(SC(C)C(=O)NCc2cccc(CN3CCCC3)c2)cc1. The maximum atomic E-state index is 12.4. The van der Waals surface area contributed by atoms with Gasteiger partial charge in [-0.15, -0.1) is 11.8 Å². The molecule has 4 heteroatoms. The zero-order chi connectivity index (χ0) is 18.4. The van der Waals surface area contributed by atoms with Gasteiger partial charge in [0, 0.05) is 18.0 Å². The molecule has 1 aliphatic heterocycles. The van der Waals surface area contributed by atoms with Crippen LogP contribution in [0.1, 0.15) is 36.5 Å². The molecule has 1 saturated heterocycles. The fourth-order valence-electron chi connectivity index (χ4n) is 3.24. The Labute approximate surface area is 161 Å². The van der Waals surface area contributed by atoms with Gasteiger partial charge in [-0.2, -0.15) is 0 Å². The second-order valence-electron chi connectivity index (χ2n) is 7.09. The quantitative estimate of drug-likeness (QED) is 0.736. The second kappa shape index (κ2) is 9.24. The van der Waals surface area contributed by atoms with Gasteiger partial charge in [0.15, 0.2) is 0 Å². The van der Waals surface area contributed by atoms with Gasteiger partial charge in [-0.1, -0.05) is 42.0 Å². The molecule has 1 heterocycles. The monoisotopic (exact) mass is 368 g/mol. The molecule has 0 saturated carbocycles. The number of likely N-dealkylation sites (tertiary alicyclic amines) is 1. The van der Waals surface area contributed by atoms with Crippen LogP contribution < -0.4 is 5.32 Å². The Hall–Kier alpha value is -1.78. The number of carbonyl (C=O) groups excluding carboxylic acids is 1. The summed E-state index contributed by atoms with van der Waals surface area (Å²) in [6.45, 7) is 8.04. The molecule has 0 aromatic heterocycles. The van der Waals surface area contributed by atoms with Crippen LogP contribution in [0.4, 0.5) is 0 Å². The van der Waals surface area contributed by atoms with Crippen LogP contribution in [-0.4, -0.2) is 29.1 Å². The molecule has 0 aliphatic carbocycles. The van der Waals surface area contributed by atoms with Gasteiger partial charge in [-0.25, -0.2) is 0 Å². The Kier molecular flexibility index (Phi) is 6.75. The molecule has 3 nitrogen and oxygen atoms in total. The van der Waals surface area contributed by atoms with Crippen molar-refractivity contribution >= 4 is 17.7 Å². The minimum atomic E-state index is -0.106. The van der Waals surface area contributed by atoms with Crippen LogP contribution in [-0.2, 0) is 17.9 Å². The lowest BCUT2D eigenvalue weighted by molar-refractivity contribution is -0.120. The van der Waals surface area contributed by atoms with Crippen molar-refractivity contribution in [1.29, 1.82) is 0 Å². The Bertz CT molecular complexity index is 723. The van der Waals surface area contributed by atoms with E-state index < -0.39 is 0 Å². The van der Waals surface area contributed by atoms with E-state index in [1.54, 1.807) is 11.8 Å². The predicted molar refractivity (Wildman–Crippen MR) is 109 cm³/mol. The van der Waals surface area contributed by atoms with Crippen LogP contribution in [0, 0.1) is 6.92 Å². The van der Waals surface area contributed by atoms with Gasteiger partial charge in [0.05, 0.1) is 5.25 Å². The summed E-state index contributed by atoms with van der Waals surface area (Å²) in [5.74, 6) is 0.0838. The van der Waals surface area contributed by atoms with Crippen molar-refractivity contribution in [2.24, 2.45) is 0 Å². The van der Waals surface area contributed by atoms with Crippen molar-refractivity contribution in [2.75, 3.05) is 13.1 Å². The Morgan fingerprint density at radius 1 is 1.12 bits per heavy atom. The van der Waals surface area contributed by atoms with E-state index in [2.05, 4.69) is 65.7 Å². The summed E-state index contributed by atoms with van der Waals surface area (Å²) in [5, 5.41) is 2.97. The van der Waals surface area contributed by atoms with Crippen LogP contribution in [0.2, 0.25) is 0 Å². The molecular weight excluding hydrogens is 340 g/mol. The van der Waals surface area contributed by atoms with E-state index in [4.69, 9.17) is 0 Å². The minimum absolute atomic E-state index is 0.0838.